The van der Waals surface area contributed by atoms with Gasteiger partial charge in [0.15, 0.2) is 0 Å². The average molecular weight is 291 g/mol. The first-order valence-corrected chi connectivity index (χ1v) is 8.19. The maximum absolute atomic E-state index is 11.9. The molecule has 0 saturated carbocycles. The number of rotatable bonds is 7. The molecule has 0 radical (unpaired) electrons. The van der Waals surface area contributed by atoms with E-state index in [4.69, 9.17) is 11.1 Å². The minimum absolute atomic E-state index is 0.0611. The van der Waals surface area contributed by atoms with Gasteiger partial charge in [-0.25, -0.2) is 4.72 Å². The van der Waals surface area contributed by atoms with Crippen LogP contribution in [0.2, 0.25) is 0 Å². The molecule has 1 aliphatic heterocycles. The molecule has 0 aromatic heterocycles. The van der Waals surface area contributed by atoms with Crippen molar-refractivity contribution in [3.63, 3.8) is 0 Å². The van der Waals surface area contributed by atoms with Gasteiger partial charge in [-0.1, -0.05) is 20.3 Å². The lowest BCUT2D eigenvalue weighted by molar-refractivity contribution is 0.160. The van der Waals surface area contributed by atoms with Gasteiger partial charge in [0.2, 0.25) is 0 Å². The van der Waals surface area contributed by atoms with E-state index in [0.717, 1.165) is 12.8 Å². The maximum Gasteiger partial charge on any atom is 0.279 e. The SMILES string of the molecule is CCCC(C(=N)N)N1CCN(S(=O)(=O)NCC)CC1. The zero-order chi connectivity index (χ0) is 14.5. The molecular weight excluding hydrogens is 266 g/mol. The molecule has 1 heterocycles. The zero-order valence-corrected chi connectivity index (χ0v) is 12.5. The second-order valence-corrected chi connectivity index (χ2v) is 6.45. The minimum Gasteiger partial charge on any atom is -0.386 e. The van der Waals surface area contributed by atoms with Gasteiger partial charge in [0.1, 0.15) is 5.84 Å². The first-order valence-electron chi connectivity index (χ1n) is 6.75. The van der Waals surface area contributed by atoms with E-state index in [1.165, 1.54) is 4.31 Å². The smallest absolute Gasteiger partial charge is 0.279 e. The number of nitrogens with zero attached hydrogens (tertiary/aromatic N) is 2. The highest BCUT2D eigenvalue weighted by Gasteiger charge is 2.30. The van der Waals surface area contributed by atoms with Crippen molar-refractivity contribution in [1.29, 1.82) is 5.41 Å². The highest BCUT2D eigenvalue weighted by Crippen LogP contribution is 2.12. The van der Waals surface area contributed by atoms with Gasteiger partial charge in [0, 0.05) is 32.7 Å². The van der Waals surface area contributed by atoms with Crippen LogP contribution in [0.5, 0.6) is 0 Å². The third-order valence-corrected chi connectivity index (χ3v) is 5.00. The molecule has 8 heteroatoms. The molecule has 1 unspecified atom stereocenters. The summed E-state index contributed by atoms with van der Waals surface area (Å²) >= 11 is 0. The number of piperazine rings is 1. The summed E-state index contributed by atoms with van der Waals surface area (Å²) in [5, 5.41) is 7.62. The van der Waals surface area contributed by atoms with Crippen LogP contribution in [0.25, 0.3) is 0 Å². The number of amidine groups is 1. The van der Waals surface area contributed by atoms with Crippen LogP contribution in [0.15, 0.2) is 0 Å². The van der Waals surface area contributed by atoms with Crippen LogP contribution in [0.3, 0.4) is 0 Å². The van der Waals surface area contributed by atoms with E-state index in [1.54, 1.807) is 6.92 Å². The molecule has 1 atom stereocenters. The van der Waals surface area contributed by atoms with Crippen LogP contribution in [0, 0.1) is 5.41 Å². The van der Waals surface area contributed by atoms with E-state index in [0.29, 0.717) is 32.7 Å². The van der Waals surface area contributed by atoms with Crippen LogP contribution in [-0.4, -0.2) is 62.2 Å². The molecule has 0 aliphatic carbocycles. The van der Waals surface area contributed by atoms with Crippen molar-refractivity contribution in [2.75, 3.05) is 32.7 Å². The fourth-order valence-corrected chi connectivity index (χ4v) is 3.53. The van der Waals surface area contributed by atoms with Crippen LogP contribution in [0.1, 0.15) is 26.7 Å². The fraction of sp³-hybridized carbons (Fsp3) is 0.909. The standard InChI is InChI=1S/C11H25N5O2S/c1-3-5-10(11(12)13)15-6-8-16(9-7-15)19(17,18)14-4-2/h10,14H,3-9H2,1-2H3,(H3,12,13). The lowest BCUT2D eigenvalue weighted by Crippen LogP contribution is -2.56. The molecule has 19 heavy (non-hydrogen) atoms. The van der Waals surface area contributed by atoms with E-state index in [9.17, 15) is 8.42 Å². The highest BCUT2D eigenvalue weighted by molar-refractivity contribution is 7.87. The third-order valence-electron chi connectivity index (χ3n) is 3.30. The van der Waals surface area contributed by atoms with Crippen molar-refractivity contribution in [3.8, 4) is 0 Å². The van der Waals surface area contributed by atoms with Crippen LogP contribution in [-0.2, 0) is 10.2 Å². The Morgan fingerprint density at radius 2 is 1.89 bits per heavy atom. The van der Waals surface area contributed by atoms with E-state index < -0.39 is 10.2 Å². The molecule has 0 spiro atoms. The predicted molar refractivity (Wildman–Crippen MR) is 76.4 cm³/mol. The third kappa shape index (κ3) is 4.41. The van der Waals surface area contributed by atoms with Crippen LogP contribution in [0.4, 0.5) is 0 Å². The van der Waals surface area contributed by atoms with Crippen molar-refractivity contribution in [1.82, 2.24) is 13.9 Å². The topological polar surface area (TPSA) is 103 Å². The van der Waals surface area contributed by atoms with Gasteiger partial charge >= 0.3 is 0 Å². The quantitative estimate of drug-likeness (QED) is 0.437. The summed E-state index contributed by atoms with van der Waals surface area (Å²) in [4.78, 5) is 2.10. The fourth-order valence-electron chi connectivity index (χ4n) is 2.34. The molecule has 7 nitrogen and oxygen atoms in total. The number of nitrogens with one attached hydrogen (secondary N) is 2. The summed E-state index contributed by atoms with van der Waals surface area (Å²) in [6.45, 7) is 6.35. The predicted octanol–water partition coefficient (Wildman–Crippen LogP) is -0.437. The highest BCUT2D eigenvalue weighted by atomic mass is 32.2. The summed E-state index contributed by atoms with van der Waals surface area (Å²) in [6, 6.07) is -0.0611. The van der Waals surface area contributed by atoms with Crippen LogP contribution < -0.4 is 10.5 Å². The van der Waals surface area contributed by atoms with Gasteiger partial charge in [-0.2, -0.15) is 12.7 Å². The molecule has 1 fully saturated rings. The van der Waals surface area contributed by atoms with Gasteiger partial charge < -0.3 is 5.73 Å². The first-order chi connectivity index (χ1) is 8.92. The molecule has 1 saturated heterocycles. The van der Waals surface area contributed by atoms with Gasteiger partial charge in [0.05, 0.1) is 6.04 Å². The van der Waals surface area contributed by atoms with Crippen molar-refractivity contribution in [2.24, 2.45) is 5.73 Å². The summed E-state index contributed by atoms with van der Waals surface area (Å²) in [5.41, 5.74) is 5.62. The number of hydrogen-bond acceptors (Lipinski definition) is 4. The Kier molecular flexibility index (Phi) is 6.18. The Morgan fingerprint density at radius 1 is 1.32 bits per heavy atom. The molecule has 0 aromatic carbocycles. The monoisotopic (exact) mass is 291 g/mol. The van der Waals surface area contributed by atoms with Gasteiger partial charge in [-0.15, -0.1) is 0 Å². The molecule has 112 valence electrons. The van der Waals surface area contributed by atoms with Crippen LogP contribution >= 0.6 is 0 Å². The summed E-state index contributed by atoms with van der Waals surface area (Å²) in [6.07, 6.45) is 1.80. The molecule has 1 rings (SSSR count). The summed E-state index contributed by atoms with van der Waals surface area (Å²) in [5.74, 6) is 0.171. The largest absolute Gasteiger partial charge is 0.386 e. The Hall–Kier alpha value is -0.700. The molecule has 0 bridgehead atoms. The lowest BCUT2D eigenvalue weighted by Gasteiger charge is -2.38. The van der Waals surface area contributed by atoms with E-state index in [1.807, 2.05) is 0 Å². The molecule has 4 N–H and O–H groups in total. The summed E-state index contributed by atoms with van der Waals surface area (Å²) < 4.78 is 27.7. The Labute approximate surface area is 115 Å². The van der Waals surface area contributed by atoms with Gasteiger partial charge in [-0.3, -0.25) is 10.3 Å². The lowest BCUT2D eigenvalue weighted by atomic mass is 10.1. The van der Waals surface area contributed by atoms with E-state index in [-0.39, 0.29) is 11.9 Å². The van der Waals surface area contributed by atoms with Crippen molar-refractivity contribution < 1.29 is 8.42 Å². The Bertz CT molecular complexity index is 390. The van der Waals surface area contributed by atoms with E-state index >= 15 is 0 Å². The summed E-state index contributed by atoms with van der Waals surface area (Å²) in [7, 11) is -3.34. The van der Waals surface area contributed by atoms with E-state index in [2.05, 4.69) is 16.5 Å². The number of hydrogen-bond donors (Lipinski definition) is 3. The second-order valence-electron chi connectivity index (χ2n) is 4.70. The normalized spacial score (nSPS) is 20.3. The molecular formula is C11H25N5O2S. The van der Waals surface area contributed by atoms with Crippen molar-refractivity contribution in [2.45, 2.75) is 32.7 Å². The Morgan fingerprint density at radius 3 is 2.32 bits per heavy atom. The van der Waals surface area contributed by atoms with Gasteiger partial charge in [-0.05, 0) is 6.42 Å². The minimum atomic E-state index is -3.34. The number of nitrogens with two attached hydrogens (primary N) is 1. The van der Waals surface area contributed by atoms with Crippen molar-refractivity contribution in [3.05, 3.63) is 0 Å². The Balaban J connectivity index is 2.59. The molecule has 1 aliphatic rings. The van der Waals surface area contributed by atoms with Gasteiger partial charge in [0.25, 0.3) is 10.2 Å². The molecule has 0 aromatic rings. The average Bonchev–Trinajstić information content (AvgIpc) is 2.35. The second kappa shape index (κ2) is 7.18. The molecule has 0 amide bonds. The van der Waals surface area contributed by atoms with Crippen molar-refractivity contribution >= 4 is 16.0 Å². The first kappa shape index (κ1) is 16.4. The zero-order valence-electron chi connectivity index (χ0n) is 11.7. The maximum atomic E-state index is 11.9.